The molecule has 0 bridgehead atoms. The van der Waals surface area contributed by atoms with Crippen molar-refractivity contribution in [1.82, 2.24) is 0 Å². The third-order valence-electron chi connectivity index (χ3n) is 5.08. The van der Waals surface area contributed by atoms with Crippen molar-refractivity contribution < 1.29 is 14.7 Å². The third-order valence-corrected chi connectivity index (χ3v) is 5.08. The summed E-state index contributed by atoms with van der Waals surface area (Å²) in [6.07, 6.45) is 4.33. The molecular formula is C20H16O3. The van der Waals surface area contributed by atoms with Crippen LogP contribution in [-0.2, 0) is 11.2 Å². The summed E-state index contributed by atoms with van der Waals surface area (Å²) in [4.78, 5) is 24.7. The lowest BCUT2D eigenvalue weighted by Crippen LogP contribution is -2.36. The van der Waals surface area contributed by atoms with Crippen LogP contribution in [0, 0.1) is 5.41 Å². The molecule has 1 N–H and O–H groups in total. The molecule has 0 heterocycles. The monoisotopic (exact) mass is 304 g/mol. The molecule has 0 saturated heterocycles. The van der Waals surface area contributed by atoms with Gasteiger partial charge in [-0.1, -0.05) is 60.7 Å². The Kier molecular flexibility index (Phi) is 2.98. The summed E-state index contributed by atoms with van der Waals surface area (Å²) in [6, 6.07) is 15.4. The average Bonchev–Trinajstić information content (AvgIpc) is 3.08. The zero-order valence-corrected chi connectivity index (χ0v) is 12.5. The number of benzene rings is 2. The molecule has 0 amide bonds. The molecule has 0 aliphatic heterocycles. The SMILES string of the molecule is O=C(O)CC1(C2C=Cc3ccccc32)Cc2ccccc2C1=O. The van der Waals surface area contributed by atoms with Gasteiger partial charge in [-0.15, -0.1) is 0 Å². The minimum atomic E-state index is -0.927. The van der Waals surface area contributed by atoms with Gasteiger partial charge in [0.15, 0.2) is 5.78 Å². The fourth-order valence-corrected chi connectivity index (χ4v) is 4.09. The second kappa shape index (κ2) is 4.92. The molecule has 114 valence electrons. The molecule has 4 rings (SSSR count). The van der Waals surface area contributed by atoms with Gasteiger partial charge in [0, 0.05) is 11.5 Å². The highest BCUT2D eigenvalue weighted by Gasteiger charge is 2.52. The number of carbonyl (C=O) groups is 2. The molecular weight excluding hydrogens is 288 g/mol. The lowest BCUT2D eigenvalue weighted by atomic mass is 9.68. The summed E-state index contributed by atoms with van der Waals surface area (Å²) >= 11 is 0. The van der Waals surface area contributed by atoms with Crippen molar-refractivity contribution in [1.29, 1.82) is 0 Å². The zero-order valence-electron chi connectivity index (χ0n) is 12.5. The van der Waals surface area contributed by atoms with Crippen molar-refractivity contribution in [2.24, 2.45) is 5.41 Å². The summed E-state index contributed by atoms with van der Waals surface area (Å²) in [7, 11) is 0. The molecule has 0 fully saturated rings. The normalized spacial score (nSPS) is 24.5. The molecule has 2 aromatic carbocycles. The number of hydrogen-bond acceptors (Lipinski definition) is 2. The summed E-state index contributed by atoms with van der Waals surface area (Å²) in [5.74, 6) is -1.15. The van der Waals surface area contributed by atoms with Gasteiger partial charge in [0.2, 0.25) is 0 Å². The van der Waals surface area contributed by atoms with Crippen LogP contribution in [0.1, 0.15) is 39.4 Å². The van der Waals surface area contributed by atoms with E-state index in [4.69, 9.17) is 0 Å². The van der Waals surface area contributed by atoms with E-state index < -0.39 is 11.4 Å². The first-order chi connectivity index (χ1) is 11.1. The van der Waals surface area contributed by atoms with Crippen LogP contribution in [-0.4, -0.2) is 16.9 Å². The van der Waals surface area contributed by atoms with Crippen LogP contribution < -0.4 is 0 Å². The van der Waals surface area contributed by atoms with E-state index in [0.717, 1.165) is 16.7 Å². The van der Waals surface area contributed by atoms with Crippen molar-refractivity contribution in [3.05, 3.63) is 76.9 Å². The first kappa shape index (κ1) is 13.9. The first-order valence-corrected chi connectivity index (χ1v) is 7.73. The minimum absolute atomic E-state index is 0.0400. The highest BCUT2D eigenvalue weighted by atomic mass is 16.4. The van der Waals surface area contributed by atoms with E-state index >= 15 is 0 Å². The van der Waals surface area contributed by atoms with Gasteiger partial charge in [-0.2, -0.15) is 0 Å². The zero-order chi connectivity index (χ0) is 16.0. The summed E-state index contributed by atoms with van der Waals surface area (Å²) in [6.45, 7) is 0. The smallest absolute Gasteiger partial charge is 0.304 e. The number of allylic oxidation sites excluding steroid dienone is 1. The van der Waals surface area contributed by atoms with Gasteiger partial charge >= 0.3 is 5.97 Å². The average molecular weight is 304 g/mol. The van der Waals surface area contributed by atoms with Crippen molar-refractivity contribution >= 4 is 17.8 Å². The Morgan fingerprint density at radius 1 is 1.13 bits per heavy atom. The highest BCUT2D eigenvalue weighted by molar-refractivity contribution is 6.07. The molecule has 3 heteroatoms. The van der Waals surface area contributed by atoms with Gasteiger partial charge in [0.1, 0.15) is 0 Å². The van der Waals surface area contributed by atoms with E-state index in [9.17, 15) is 14.7 Å². The maximum Gasteiger partial charge on any atom is 0.304 e. The quantitative estimate of drug-likeness (QED) is 0.940. The van der Waals surface area contributed by atoms with Gasteiger partial charge in [-0.25, -0.2) is 0 Å². The van der Waals surface area contributed by atoms with E-state index in [0.29, 0.717) is 12.0 Å². The molecule has 2 aromatic rings. The molecule has 2 unspecified atom stereocenters. The van der Waals surface area contributed by atoms with Gasteiger partial charge in [0.05, 0.1) is 11.8 Å². The molecule has 0 saturated carbocycles. The summed E-state index contributed by atoms with van der Waals surface area (Å²) < 4.78 is 0. The fourth-order valence-electron chi connectivity index (χ4n) is 4.09. The van der Waals surface area contributed by atoms with Crippen molar-refractivity contribution in [3.8, 4) is 0 Å². The molecule has 0 aromatic heterocycles. The van der Waals surface area contributed by atoms with Crippen molar-refractivity contribution in [3.63, 3.8) is 0 Å². The first-order valence-electron chi connectivity index (χ1n) is 7.73. The van der Waals surface area contributed by atoms with Crippen LogP contribution >= 0.6 is 0 Å². The third kappa shape index (κ3) is 1.96. The number of ketones is 1. The van der Waals surface area contributed by atoms with Crippen LogP contribution in [0.15, 0.2) is 54.6 Å². The Morgan fingerprint density at radius 2 is 1.87 bits per heavy atom. The Bertz CT molecular complexity index is 849. The number of carbonyl (C=O) groups excluding carboxylic acids is 1. The highest BCUT2D eigenvalue weighted by Crippen LogP contribution is 2.52. The Balaban J connectivity index is 1.87. The Morgan fingerprint density at radius 3 is 2.65 bits per heavy atom. The van der Waals surface area contributed by atoms with Crippen molar-refractivity contribution in [2.75, 3.05) is 0 Å². The van der Waals surface area contributed by atoms with Crippen LogP contribution in [0.4, 0.5) is 0 Å². The largest absolute Gasteiger partial charge is 0.481 e. The lowest BCUT2D eigenvalue weighted by molar-refractivity contribution is -0.139. The topological polar surface area (TPSA) is 54.4 Å². The second-order valence-corrected chi connectivity index (χ2v) is 6.36. The summed E-state index contributed by atoms with van der Waals surface area (Å²) in [5, 5.41) is 9.47. The lowest BCUT2D eigenvalue weighted by Gasteiger charge is -2.32. The maximum atomic E-state index is 13.2. The Labute approximate surface area is 134 Å². The molecule has 3 nitrogen and oxygen atoms in total. The number of aliphatic carboxylic acids is 1. The molecule has 23 heavy (non-hydrogen) atoms. The van der Waals surface area contributed by atoms with Gasteiger partial charge < -0.3 is 5.11 Å². The van der Waals surface area contributed by atoms with Gasteiger partial charge in [-0.05, 0) is 23.1 Å². The van der Waals surface area contributed by atoms with Crippen LogP contribution in [0.25, 0.3) is 6.08 Å². The van der Waals surface area contributed by atoms with Crippen LogP contribution in [0.3, 0.4) is 0 Å². The number of rotatable bonds is 3. The predicted molar refractivity (Wildman–Crippen MR) is 87.4 cm³/mol. The van der Waals surface area contributed by atoms with E-state index in [1.807, 2.05) is 60.7 Å². The summed E-state index contributed by atoms with van der Waals surface area (Å²) in [5.41, 5.74) is 2.84. The van der Waals surface area contributed by atoms with Gasteiger partial charge in [-0.3, -0.25) is 9.59 Å². The molecule has 2 aliphatic rings. The van der Waals surface area contributed by atoms with Crippen molar-refractivity contribution in [2.45, 2.75) is 18.8 Å². The van der Waals surface area contributed by atoms with Crippen LogP contribution in [0.2, 0.25) is 0 Å². The van der Waals surface area contributed by atoms with E-state index in [-0.39, 0.29) is 18.1 Å². The second-order valence-electron chi connectivity index (χ2n) is 6.36. The van der Waals surface area contributed by atoms with Crippen LogP contribution in [0.5, 0.6) is 0 Å². The number of hydrogen-bond donors (Lipinski definition) is 1. The van der Waals surface area contributed by atoms with E-state index in [1.54, 1.807) is 0 Å². The molecule has 2 aliphatic carbocycles. The molecule has 0 radical (unpaired) electrons. The minimum Gasteiger partial charge on any atom is -0.481 e. The molecule has 2 atom stereocenters. The number of carboxylic acids is 1. The van der Waals surface area contributed by atoms with E-state index in [2.05, 4.69) is 0 Å². The number of carboxylic acid groups (broad SMARTS) is 1. The maximum absolute atomic E-state index is 13.2. The number of Topliss-reactive ketones (excluding diaryl/α,β-unsaturated/α-hetero) is 1. The number of fused-ring (bicyclic) bond motifs is 2. The van der Waals surface area contributed by atoms with Gasteiger partial charge in [0.25, 0.3) is 0 Å². The Hall–Kier alpha value is -2.68. The fraction of sp³-hybridized carbons (Fsp3) is 0.200. The van der Waals surface area contributed by atoms with E-state index in [1.165, 1.54) is 0 Å². The predicted octanol–water partition coefficient (Wildman–Crippen LogP) is 3.70. The standard InChI is InChI=1S/C20H16O3/c21-18(22)12-20(11-14-6-2-4-8-16(14)19(20)23)17-10-9-13-5-1-3-7-15(13)17/h1-10,17H,11-12H2,(H,21,22). The molecule has 0 spiro atoms.